The lowest BCUT2D eigenvalue weighted by molar-refractivity contribution is 0.0709. The molecule has 1 amide bonds. The van der Waals surface area contributed by atoms with E-state index in [0.717, 1.165) is 5.69 Å². The minimum atomic E-state index is -0.204. The summed E-state index contributed by atoms with van der Waals surface area (Å²) in [5.74, 6) is -0.204. The van der Waals surface area contributed by atoms with Gasteiger partial charge in [0.2, 0.25) is 0 Å². The normalized spacial score (nSPS) is 10.8. The lowest BCUT2D eigenvalue weighted by Gasteiger charge is -2.20. The Labute approximate surface area is 139 Å². The van der Waals surface area contributed by atoms with Crippen LogP contribution in [0.3, 0.4) is 0 Å². The molecule has 0 aliphatic heterocycles. The second-order valence-corrected chi connectivity index (χ2v) is 5.58. The van der Waals surface area contributed by atoms with Gasteiger partial charge in [0.1, 0.15) is 0 Å². The lowest BCUT2D eigenvalue weighted by Crippen LogP contribution is -2.35. The number of amides is 1. The van der Waals surface area contributed by atoms with Gasteiger partial charge in [0.15, 0.2) is 0 Å². The monoisotopic (exact) mass is 337 g/mol. The van der Waals surface area contributed by atoms with Crippen LogP contribution in [0.1, 0.15) is 22.5 Å². The van der Waals surface area contributed by atoms with Gasteiger partial charge in [0, 0.05) is 30.9 Å². The number of aliphatic hydroxyl groups excluding tert-OH is 2. The molecule has 6 nitrogen and oxygen atoms in total. The van der Waals surface area contributed by atoms with E-state index in [2.05, 4.69) is 5.10 Å². The summed E-state index contributed by atoms with van der Waals surface area (Å²) in [5.41, 5.74) is 1.89. The number of halogens is 1. The van der Waals surface area contributed by atoms with E-state index >= 15 is 0 Å². The third-order valence-corrected chi connectivity index (χ3v) is 3.72. The van der Waals surface area contributed by atoms with E-state index in [1.807, 2.05) is 12.1 Å². The number of aromatic nitrogens is 2. The average molecular weight is 338 g/mol. The van der Waals surface area contributed by atoms with Crippen molar-refractivity contribution >= 4 is 17.5 Å². The molecule has 0 saturated heterocycles. The first-order valence-corrected chi connectivity index (χ1v) is 7.78. The zero-order valence-electron chi connectivity index (χ0n) is 12.9. The van der Waals surface area contributed by atoms with Crippen LogP contribution in [0.2, 0.25) is 5.02 Å². The summed E-state index contributed by atoms with van der Waals surface area (Å²) in [7, 11) is 0. The summed E-state index contributed by atoms with van der Waals surface area (Å²) in [5, 5.41) is 23.1. The number of nitrogens with zero attached hydrogens (tertiary/aromatic N) is 3. The second kappa shape index (κ2) is 8.10. The molecule has 2 aromatic rings. The molecule has 0 fully saturated rings. The third kappa shape index (κ3) is 4.31. The summed E-state index contributed by atoms with van der Waals surface area (Å²) in [6.45, 7) is 2.26. The number of carbonyl (C=O) groups is 1. The molecule has 1 aromatic carbocycles. The minimum absolute atomic E-state index is 0.00176. The van der Waals surface area contributed by atoms with Crippen molar-refractivity contribution in [2.24, 2.45) is 0 Å². The quantitative estimate of drug-likeness (QED) is 0.805. The minimum Gasteiger partial charge on any atom is -0.396 e. The molecular formula is C16H20ClN3O3. The molecule has 0 radical (unpaired) electrons. The fraction of sp³-hybridized carbons (Fsp3) is 0.375. The van der Waals surface area contributed by atoms with E-state index in [-0.39, 0.29) is 25.7 Å². The van der Waals surface area contributed by atoms with E-state index < -0.39 is 0 Å². The van der Waals surface area contributed by atoms with Crippen molar-refractivity contribution in [3.8, 4) is 5.69 Å². The molecule has 0 atom stereocenters. The molecule has 0 aliphatic rings. The summed E-state index contributed by atoms with van der Waals surface area (Å²) in [6, 6.07) is 7.16. The van der Waals surface area contributed by atoms with Crippen LogP contribution >= 0.6 is 11.6 Å². The van der Waals surface area contributed by atoms with Gasteiger partial charge in [0.25, 0.3) is 5.91 Å². The predicted molar refractivity (Wildman–Crippen MR) is 88.0 cm³/mol. The van der Waals surface area contributed by atoms with Crippen LogP contribution in [-0.4, -0.2) is 57.1 Å². The number of aryl methyl sites for hydroxylation is 1. The standard InChI is InChI=1S/C16H20ClN3O3/c1-12-15(16(23)19(8-10-22)7-2-9-21)11-20(18-12)14-5-3-13(17)4-6-14/h3-6,11,21-22H,2,7-10H2,1H3. The molecule has 0 bridgehead atoms. The summed E-state index contributed by atoms with van der Waals surface area (Å²) in [4.78, 5) is 14.1. The van der Waals surface area contributed by atoms with Crippen LogP contribution in [0.4, 0.5) is 0 Å². The third-order valence-electron chi connectivity index (χ3n) is 3.46. The smallest absolute Gasteiger partial charge is 0.257 e. The predicted octanol–water partition coefficient (Wildman–Crippen LogP) is 1.65. The maximum absolute atomic E-state index is 12.6. The molecular weight excluding hydrogens is 318 g/mol. The van der Waals surface area contributed by atoms with E-state index in [9.17, 15) is 4.79 Å². The molecule has 2 rings (SSSR count). The fourth-order valence-corrected chi connectivity index (χ4v) is 2.39. The van der Waals surface area contributed by atoms with Gasteiger partial charge >= 0.3 is 0 Å². The molecule has 23 heavy (non-hydrogen) atoms. The molecule has 0 spiro atoms. The number of carbonyl (C=O) groups excluding carboxylic acids is 1. The zero-order chi connectivity index (χ0) is 16.8. The van der Waals surface area contributed by atoms with Gasteiger partial charge in [-0.3, -0.25) is 4.79 Å². The van der Waals surface area contributed by atoms with E-state index in [1.165, 1.54) is 4.90 Å². The van der Waals surface area contributed by atoms with Crippen molar-refractivity contribution in [2.75, 3.05) is 26.3 Å². The molecule has 1 heterocycles. The van der Waals surface area contributed by atoms with Gasteiger partial charge < -0.3 is 15.1 Å². The van der Waals surface area contributed by atoms with Gasteiger partial charge in [-0.1, -0.05) is 11.6 Å². The van der Waals surface area contributed by atoms with Crippen molar-refractivity contribution in [2.45, 2.75) is 13.3 Å². The van der Waals surface area contributed by atoms with Crippen LogP contribution in [0, 0.1) is 6.92 Å². The van der Waals surface area contributed by atoms with Crippen LogP contribution in [0.15, 0.2) is 30.5 Å². The fourth-order valence-electron chi connectivity index (χ4n) is 2.26. The van der Waals surface area contributed by atoms with Crippen molar-refractivity contribution in [1.29, 1.82) is 0 Å². The Morgan fingerprint density at radius 1 is 1.22 bits per heavy atom. The van der Waals surface area contributed by atoms with Crippen LogP contribution in [0.5, 0.6) is 0 Å². The number of aliphatic hydroxyl groups is 2. The molecule has 2 N–H and O–H groups in total. The van der Waals surface area contributed by atoms with Gasteiger partial charge in [-0.05, 0) is 37.6 Å². The van der Waals surface area contributed by atoms with Gasteiger partial charge in [-0.25, -0.2) is 4.68 Å². The first kappa shape index (κ1) is 17.5. The van der Waals surface area contributed by atoms with Gasteiger partial charge in [0.05, 0.1) is 23.6 Å². The SMILES string of the molecule is Cc1nn(-c2ccc(Cl)cc2)cc1C(=O)N(CCO)CCCO. The Balaban J connectivity index is 2.25. The van der Waals surface area contributed by atoms with Crippen LogP contribution in [0.25, 0.3) is 5.69 Å². The molecule has 0 aliphatic carbocycles. The summed E-state index contributed by atoms with van der Waals surface area (Å²) >= 11 is 5.88. The number of benzene rings is 1. The first-order chi connectivity index (χ1) is 11.1. The Morgan fingerprint density at radius 2 is 1.91 bits per heavy atom. The number of hydrogen-bond donors (Lipinski definition) is 2. The van der Waals surface area contributed by atoms with E-state index in [1.54, 1.807) is 29.9 Å². The zero-order valence-corrected chi connectivity index (χ0v) is 13.7. The van der Waals surface area contributed by atoms with E-state index in [4.69, 9.17) is 21.8 Å². The number of rotatable bonds is 7. The Bertz CT molecular complexity index is 655. The summed E-state index contributed by atoms with van der Waals surface area (Å²) in [6.07, 6.45) is 2.14. The second-order valence-electron chi connectivity index (χ2n) is 5.14. The van der Waals surface area contributed by atoms with Gasteiger partial charge in [-0.15, -0.1) is 0 Å². The summed E-state index contributed by atoms with van der Waals surface area (Å²) < 4.78 is 1.63. The number of hydrogen-bond acceptors (Lipinski definition) is 4. The highest BCUT2D eigenvalue weighted by molar-refractivity contribution is 6.30. The molecule has 1 aromatic heterocycles. The van der Waals surface area contributed by atoms with Crippen molar-refractivity contribution < 1.29 is 15.0 Å². The van der Waals surface area contributed by atoms with Crippen LogP contribution < -0.4 is 0 Å². The van der Waals surface area contributed by atoms with Crippen LogP contribution in [-0.2, 0) is 0 Å². The average Bonchev–Trinajstić information content (AvgIpc) is 2.93. The van der Waals surface area contributed by atoms with Crippen molar-refractivity contribution in [3.63, 3.8) is 0 Å². The molecule has 0 unspecified atom stereocenters. The Kier molecular flexibility index (Phi) is 6.15. The highest BCUT2D eigenvalue weighted by atomic mass is 35.5. The molecule has 0 saturated carbocycles. The Morgan fingerprint density at radius 3 is 2.52 bits per heavy atom. The van der Waals surface area contributed by atoms with Crippen molar-refractivity contribution in [3.05, 3.63) is 46.7 Å². The highest BCUT2D eigenvalue weighted by Gasteiger charge is 2.20. The molecule has 7 heteroatoms. The highest BCUT2D eigenvalue weighted by Crippen LogP contribution is 2.16. The topological polar surface area (TPSA) is 78.6 Å². The molecule has 124 valence electrons. The first-order valence-electron chi connectivity index (χ1n) is 7.40. The largest absolute Gasteiger partial charge is 0.396 e. The maximum Gasteiger partial charge on any atom is 0.257 e. The Hall–Kier alpha value is -1.89. The van der Waals surface area contributed by atoms with E-state index in [0.29, 0.717) is 29.2 Å². The lowest BCUT2D eigenvalue weighted by atomic mass is 10.2. The van der Waals surface area contributed by atoms with Gasteiger partial charge in [-0.2, -0.15) is 5.10 Å². The maximum atomic E-state index is 12.6. The van der Waals surface area contributed by atoms with Crippen molar-refractivity contribution in [1.82, 2.24) is 14.7 Å².